The van der Waals surface area contributed by atoms with Crippen molar-refractivity contribution in [1.82, 2.24) is 9.88 Å². The molecule has 21 heavy (non-hydrogen) atoms. The highest BCUT2D eigenvalue weighted by molar-refractivity contribution is 5.99. The summed E-state index contributed by atoms with van der Waals surface area (Å²) in [7, 11) is 0. The molecule has 0 unspecified atom stereocenters. The van der Waals surface area contributed by atoms with Gasteiger partial charge < -0.3 is 10.2 Å². The SMILES string of the molecule is CCNc1ncc(F)cc1C(=O)N(CCC(C)C)C1CC1. The second-order valence-electron chi connectivity index (χ2n) is 5.99. The van der Waals surface area contributed by atoms with E-state index in [0.717, 1.165) is 32.0 Å². The molecule has 0 radical (unpaired) electrons. The van der Waals surface area contributed by atoms with Crippen LogP contribution in [0.3, 0.4) is 0 Å². The highest BCUT2D eigenvalue weighted by Crippen LogP contribution is 2.30. The molecule has 0 saturated heterocycles. The summed E-state index contributed by atoms with van der Waals surface area (Å²) in [6, 6.07) is 1.60. The lowest BCUT2D eigenvalue weighted by molar-refractivity contribution is 0.0735. The molecule has 1 heterocycles. The zero-order chi connectivity index (χ0) is 15.4. The zero-order valence-corrected chi connectivity index (χ0v) is 13.0. The van der Waals surface area contributed by atoms with Crippen molar-refractivity contribution in [3.63, 3.8) is 0 Å². The molecule has 1 amide bonds. The fourth-order valence-electron chi connectivity index (χ4n) is 2.30. The van der Waals surface area contributed by atoms with Gasteiger partial charge in [0.2, 0.25) is 0 Å². The molecular formula is C16H24FN3O. The molecule has 1 saturated carbocycles. The fraction of sp³-hybridized carbons (Fsp3) is 0.625. The Morgan fingerprint density at radius 3 is 2.81 bits per heavy atom. The van der Waals surface area contributed by atoms with Crippen LogP contribution in [0, 0.1) is 11.7 Å². The fourth-order valence-corrected chi connectivity index (χ4v) is 2.30. The maximum absolute atomic E-state index is 13.5. The predicted molar refractivity (Wildman–Crippen MR) is 81.9 cm³/mol. The van der Waals surface area contributed by atoms with E-state index in [1.54, 1.807) is 0 Å². The summed E-state index contributed by atoms with van der Waals surface area (Å²) in [5, 5.41) is 3.04. The summed E-state index contributed by atoms with van der Waals surface area (Å²) >= 11 is 0. The molecule has 1 aliphatic rings. The van der Waals surface area contributed by atoms with Gasteiger partial charge in [-0.2, -0.15) is 0 Å². The highest BCUT2D eigenvalue weighted by atomic mass is 19.1. The Morgan fingerprint density at radius 1 is 1.52 bits per heavy atom. The lowest BCUT2D eigenvalue weighted by atomic mass is 10.1. The number of halogens is 1. The van der Waals surface area contributed by atoms with E-state index >= 15 is 0 Å². The van der Waals surface area contributed by atoms with Crippen LogP contribution in [0.2, 0.25) is 0 Å². The lowest BCUT2D eigenvalue weighted by Crippen LogP contribution is -2.35. The number of amides is 1. The van der Waals surface area contributed by atoms with Gasteiger partial charge in [-0.05, 0) is 38.2 Å². The van der Waals surface area contributed by atoms with Crippen molar-refractivity contribution in [2.75, 3.05) is 18.4 Å². The van der Waals surface area contributed by atoms with E-state index in [4.69, 9.17) is 0 Å². The van der Waals surface area contributed by atoms with Crippen molar-refractivity contribution in [1.29, 1.82) is 0 Å². The molecule has 1 aromatic heterocycles. The molecule has 0 aromatic carbocycles. The first kappa shape index (κ1) is 15.7. The molecule has 2 rings (SSSR count). The van der Waals surface area contributed by atoms with Crippen molar-refractivity contribution in [2.45, 2.75) is 46.1 Å². The van der Waals surface area contributed by atoms with Crippen LogP contribution in [0.15, 0.2) is 12.3 Å². The first-order valence-electron chi connectivity index (χ1n) is 7.73. The minimum absolute atomic E-state index is 0.110. The van der Waals surface area contributed by atoms with Gasteiger partial charge in [-0.25, -0.2) is 9.37 Å². The molecule has 5 heteroatoms. The van der Waals surface area contributed by atoms with E-state index in [0.29, 0.717) is 29.9 Å². The second-order valence-corrected chi connectivity index (χ2v) is 5.99. The molecule has 0 bridgehead atoms. The van der Waals surface area contributed by atoms with Crippen LogP contribution in [0.25, 0.3) is 0 Å². The zero-order valence-electron chi connectivity index (χ0n) is 13.0. The van der Waals surface area contributed by atoms with E-state index in [1.165, 1.54) is 6.07 Å². The minimum atomic E-state index is -0.473. The van der Waals surface area contributed by atoms with Gasteiger partial charge in [0.25, 0.3) is 5.91 Å². The molecular weight excluding hydrogens is 269 g/mol. The van der Waals surface area contributed by atoms with Crippen molar-refractivity contribution < 1.29 is 9.18 Å². The van der Waals surface area contributed by atoms with Crippen LogP contribution in [-0.2, 0) is 0 Å². The number of hydrogen-bond acceptors (Lipinski definition) is 3. The standard InChI is InChI=1S/C16H24FN3O/c1-4-18-15-14(9-12(17)10-19-15)16(21)20(13-5-6-13)8-7-11(2)3/h9-11,13H,4-8H2,1-3H3,(H,18,19). The van der Waals surface area contributed by atoms with E-state index in [9.17, 15) is 9.18 Å². The van der Waals surface area contributed by atoms with Crippen LogP contribution in [0.1, 0.15) is 50.4 Å². The first-order valence-corrected chi connectivity index (χ1v) is 7.73. The highest BCUT2D eigenvalue weighted by Gasteiger charge is 2.34. The van der Waals surface area contributed by atoms with Gasteiger partial charge in [0.15, 0.2) is 0 Å². The summed E-state index contributed by atoms with van der Waals surface area (Å²) in [6.07, 6.45) is 4.19. The number of carbonyl (C=O) groups is 1. The monoisotopic (exact) mass is 293 g/mol. The number of pyridine rings is 1. The average Bonchev–Trinajstić information content (AvgIpc) is 3.25. The molecule has 116 valence electrons. The summed E-state index contributed by atoms with van der Waals surface area (Å²) < 4.78 is 13.5. The maximum atomic E-state index is 13.5. The molecule has 1 fully saturated rings. The minimum Gasteiger partial charge on any atom is -0.370 e. The van der Waals surface area contributed by atoms with Gasteiger partial charge in [0, 0.05) is 19.1 Å². The van der Waals surface area contributed by atoms with Crippen LogP contribution < -0.4 is 5.32 Å². The number of rotatable bonds is 7. The Balaban J connectivity index is 2.21. The molecule has 1 aliphatic carbocycles. The van der Waals surface area contributed by atoms with Gasteiger partial charge in [0.1, 0.15) is 11.6 Å². The Bertz CT molecular complexity index is 500. The van der Waals surface area contributed by atoms with Crippen LogP contribution >= 0.6 is 0 Å². The molecule has 0 aliphatic heterocycles. The van der Waals surface area contributed by atoms with E-state index in [2.05, 4.69) is 24.1 Å². The van der Waals surface area contributed by atoms with Gasteiger partial charge >= 0.3 is 0 Å². The van der Waals surface area contributed by atoms with Crippen molar-refractivity contribution in [3.8, 4) is 0 Å². The Hall–Kier alpha value is -1.65. The molecule has 1 N–H and O–H groups in total. The molecule has 4 nitrogen and oxygen atoms in total. The lowest BCUT2D eigenvalue weighted by Gasteiger charge is -2.24. The summed E-state index contributed by atoms with van der Waals surface area (Å²) in [5.74, 6) is 0.428. The largest absolute Gasteiger partial charge is 0.370 e. The molecule has 1 aromatic rings. The van der Waals surface area contributed by atoms with Crippen molar-refractivity contribution in [2.24, 2.45) is 5.92 Å². The number of carbonyl (C=O) groups excluding carboxylic acids is 1. The van der Waals surface area contributed by atoms with Crippen molar-refractivity contribution in [3.05, 3.63) is 23.6 Å². The summed E-state index contributed by atoms with van der Waals surface area (Å²) in [4.78, 5) is 18.7. The molecule has 0 spiro atoms. The molecule has 0 atom stereocenters. The summed E-state index contributed by atoms with van der Waals surface area (Å²) in [5.41, 5.74) is 0.340. The average molecular weight is 293 g/mol. The quantitative estimate of drug-likeness (QED) is 0.839. The Kier molecular flexibility index (Phi) is 5.15. The van der Waals surface area contributed by atoms with Crippen LogP contribution in [0.4, 0.5) is 10.2 Å². The van der Waals surface area contributed by atoms with E-state index in [-0.39, 0.29) is 5.91 Å². The van der Waals surface area contributed by atoms with Gasteiger partial charge in [-0.15, -0.1) is 0 Å². The topological polar surface area (TPSA) is 45.2 Å². The predicted octanol–water partition coefficient (Wildman–Crippen LogP) is 3.30. The van der Waals surface area contributed by atoms with E-state index < -0.39 is 5.82 Å². The van der Waals surface area contributed by atoms with Gasteiger partial charge in [-0.1, -0.05) is 13.8 Å². The smallest absolute Gasteiger partial charge is 0.257 e. The Morgan fingerprint density at radius 2 is 2.24 bits per heavy atom. The maximum Gasteiger partial charge on any atom is 0.257 e. The van der Waals surface area contributed by atoms with Gasteiger partial charge in [0.05, 0.1) is 11.8 Å². The van der Waals surface area contributed by atoms with Crippen molar-refractivity contribution >= 4 is 11.7 Å². The third-order valence-electron chi connectivity index (χ3n) is 3.62. The van der Waals surface area contributed by atoms with Gasteiger partial charge in [-0.3, -0.25) is 4.79 Å². The van der Waals surface area contributed by atoms with E-state index in [1.807, 2.05) is 11.8 Å². The Labute approximate surface area is 125 Å². The number of anilines is 1. The normalized spacial score (nSPS) is 14.3. The number of aromatic nitrogens is 1. The van der Waals surface area contributed by atoms with Crippen LogP contribution in [0.5, 0.6) is 0 Å². The third kappa shape index (κ3) is 4.16. The number of hydrogen-bond donors (Lipinski definition) is 1. The number of nitrogens with zero attached hydrogens (tertiary/aromatic N) is 2. The summed E-state index contributed by atoms with van der Waals surface area (Å²) in [6.45, 7) is 7.58. The first-order chi connectivity index (χ1) is 10.0. The second kappa shape index (κ2) is 6.87. The third-order valence-corrected chi connectivity index (χ3v) is 3.62. The van der Waals surface area contributed by atoms with Crippen LogP contribution in [-0.4, -0.2) is 34.9 Å². The number of nitrogens with one attached hydrogen (secondary N) is 1.